The summed E-state index contributed by atoms with van der Waals surface area (Å²) in [6, 6.07) is 6.43. The van der Waals surface area contributed by atoms with Crippen LogP contribution < -0.4 is 5.73 Å². The molecule has 7 heteroatoms. The quantitative estimate of drug-likeness (QED) is 0.624. The van der Waals surface area contributed by atoms with Crippen molar-refractivity contribution in [3.63, 3.8) is 0 Å². The lowest BCUT2D eigenvalue weighted by Gasteiger charge is -2.12. The van der Waals surface area contributed by atoms with Gasteiger partial charge < -0.3 is 10.3 Å². The van der Waals surface area contributed by atoms with Crippen molar-refractivity contribution in [3.8, 4) is 0 Å². The molecule has 2 aromatic rings. The van der Waals surface area contributed by atoms with Gasteiger partial charge in [-0.3, -0.25) is 0 Å². The molecule has 0 saturated heterocycles. The second-order valence-corrected chi connectivity index (χ2v) is 4.43. The monoisotopic (exact) mass is 376 g/mol. The Balaban J connectivity index is 0.00000144. The molecule has 2 rings (SSSR count). The average molecular weight is 377 g/mol. The highest BCUT2D eigenvalue weighted by molar-refractivity contribution is 14.1. The molecule has 1 heterocycles. The van der Waals surface area contributed by atoms with Crippen LogP contribution >= 0.6 is 35.0 Å². The average Bonchev–Trinajstić information content (AvgIpc) is 2.55. The number of nitrogens with zero attached hydrogens (tertiary/aromatic N) is 1. The summed E-state index contributed by atoms with van der Waals surface area (Å²) >= 11 is 1.81. The van der Waals surface area contributed by atoms with E-state index in [9.17, 15) is 13.2 Å². The van der Waals surface area contributed by atoms with Gasteiger partial charge in [0.2, 0.25) is 6.30 Å². The van der Waals surface area contributed by atoms with Gasteiger partial charge in [-0.2, -0.15) is 0 Å². The van der Waals surface area contributed by atoms with E-state index in [4.69, 9.17) is 5.73 Å². The van der Waals surface area contributed by atoms with Gasteiger partial charge >= 0.3 is 0 Å². The maximum absolute atomic E-state index is 13.4. The number of nitrogens with two attached hydrogens (primary N) is 1. The molecule has 0 aliphatic carbocycles. The minimum absolute atomic E-state index is 0. The summed E-state index contributed by atoms with van der Waals surface area (Å²) in [6.07, 6.45) is -5.39. The Morgan fingerprint density at radius 1 is 1.24 bits per heavy atom. The zero-order valence-electron chi connectivity index (χ0n) is 8.41. The molecule has 1 aromatic heterocycles. The summed E-state index contributed by atoms with van der Waals surface area (Å²) in [7, 11) is 0. The highest BCUT2D eigenvalue weighted by Gasteiger charge is 2.25. The van der Waals surface area contributed by atoms with Crippen LogP contribution in [0.1, 0.15) is 6.30 Å². The van der Waals surface area contributed by atoms with Crippen molar-refractivity contribution in [2.45, 2.75) is 12.7 Å². The fourth-order valence-corrected chi connectivity index (χ4v) is 2.44. The molecule has 1 atom stereocenters. The van der Waals surface area contributed by atoms with Crippen molar-refractivity contribution in [1.29, 1.82) is 0 Å². The molecule has 94 valence electrons. The van der Waals surface area contributed by atoms with E-state index in [1.165, 1.54) is 0 Å². The molecule has 0 aliphatic heterocycles. The second kappa shape index (κ2) is 5.34. The van der Waals surface area contributed by atoms with Crippen molar-refractivity contribution in [3.05, 3.63) is 28.0 Å². The Kier molecular flexibility index (Phi) is 4.54. The van der Waals surface area contributed by atoms with E-state index in [1.54, 1.807) is 24.3 Å². The Hall–Kier alpha value is -0.630. The van der Waals surface area contributed by atoms with Crippen LogP contribution in [0.4, 0.5) is 18.9 Å². The number of rotatable bonds is 2. The first-order valence-corrected chi connectivity index (χ1v) is 5.57. The van der Waals surface area contributed by atoms with Crippen molar-refractivity contribution < 1.29 is 13.2 Å². The summed E-state index contributed by atoms with van der Waals surface area (Å²) in [5.74, 6) is 0. The Bertz CT molecular complexity index is 529. The molecular weight excluding hydrogens is 367 g/mol. The van der Waals surface area contributed by atoms with Crippen LogP contribution in [0.15, 0.2) is 24.3 Å². The van der Waals surface area contributed by atoms with E-state index in [0.29, 0.717) is 20.3 Å². The Labute approximate surface area is 116 Å². The number of nitrogen functional groups attached to an aromatic ring is 1. The molecule has 2 nitrogen and oxygen atoms in total. The summed E-state index contributed by atoms with van der Waals surface area (Å²) < 4.78 is 39.5. The smallest absolute Gasteiger partial charge is 0.288 e. The standard InChI is InChI=1S/C10H8F3IN2.ClH/c11-9(12)10(13)16-7-3-1-2-6(15)5(7)4-8(16)14;/h1-4,9-10H,15H2;1H. The SMILES string of the molecule is Cl.Nc1cccc2c1cc(I)n2C(F)C(F)F. The van der Waals surface area contributed by atoms with E-state index < -0.39 is 12.7 Å². The van der Waals surface area contributed by atoms with Crippen molar-refractivity contribution in [2.75, 3.05) is 5.73 Å². The molecule has 0 fully saturated rings. The fraction of sp³-hybridized carbons (Fsp3) is 0.200. The number of benzene rings is 1. The van der Waals surface area contributed by atoms with E-state index in [2.05, 4.69) is 0 Å². The minimum atomic E-state index is -3.05. The van der Waals surface area contributed by atoms with Crippen molar-refractivity contribution in [1.82, 2.24) is 4.57 Å². The highest BCUT2D eigenvalue weighted by Crippen LogP contribution is 2.31. The Morgan fingerprint density at radius 3 is 2.47 bits per heavy atom. The van der Waals surface area contributed by atoms with E-state index in [-0.39, 0.29) is 12.4 Å². The van der Waals surface area contributed by atoms with Gasteiger partial charge in [0, 0.05) is 11.1 Å². The summed E-state index contributed by atoms with van der Waals surface area (Å²) in [6.45, 7) is 0. The molecule has 0 aliphatic rings. The summed E-state index contributed by atoms with van der Waals surface area (Å²) in [5, 5.41) is 0.593. The van der Waals surface area contributed by atoms with Crippen LogP contribution in [0.5, 0.6) is 0 Å². The molecule has 17 heavy (non-hydrogen) atoms. The maximum Gasteiger partial charge on any atom is 0.288 e. The normalized spacial score (nSPS) is 12.8. The van der Waals surface area contributed by atoms with Gasteiger partial charge in [-0.25, -0.2) is 13.2 Å². The first-order valence-electron chi connectivity index (χ1n) is 4.49. The van der Waals surface area contributed by atoms with E-state index in [1.807, 2.05) is 22.6 Å². The number of fused-ring (bicyclic) bond motifs is 1. The van der Waals surface area contributed by atoms with Gasteiger partial charge in [-0.05, 0) is 40.8 Å². The van der Waals surface area contributed by atoms with Crippen LogP contribution in [-0.2, 0) is 0 Å². The first-order chi connectivity index (χ1) is 7.52. The molecule has 1 aromatic carbocycles. The van der Waals surface area contributed by atoms with Gasteiger partial charge in [-0.15, -0.1) is 12.4 Å². The van der Waals surface area contributed by atoms with Gasteiger partial charge in [0.15, 0.2) is 0 Å². The third-order valence-electron chi connectivity index (χ3n) is 2.32. The van der Waals surface area contributed by atoms with Gasteiger partial charge in [0.05, 0.1) is 9.22 Å². The third-order valence-corrected chi connectivity index (χ3v) is 3.16. The van der Waals surface area contributed by atoms with Gasteiger partial charge in [0.1, 0.15) is 0 Å². The maximum atomic E-state index is 13.4. The first kappa shape index (κ1) is 14.4. The lowest BCUT2D eigenvalue weighted by molar-refractivity contribution is 0.00930. The largest absolute Gasteiger partial charge is 0.398 e. The lowest BCUT2D eigenvalue weighted by Crippen LogP contribution is -2.13. The van der Waals surface area contributed by atoms with Crippen LogP contribution in [-0.4, -0.2) is 11.0 Å². The zero-order chi connectivity index (χ0) is 11.9. The molecule has 0 radical (unpaired) electrons. The van der Waals surface area contributed by atoms with Crippen LogP contribution in [0, 0.1) is 3.70 Å². The number of hydrogen-bond acceptors (Lipinski definition) is 1. The van der Waals surface area contributed by atoms with Crippen molar-refractivity contribution in [2.24, 2.45) is 0 Å². The van der Waals surface area contributed by atoms with Gasteiger partial charge in [0.25, 0.3) is 6.43 Å². The third kappa shape index (κ3) is 2.47. The number of alkyl halides is 3. The molecule has 0 amide bonds. The predicted octanol–water partition coefficient (Wildman–Crippen LogP) is 3.98. The summed E-state index contributed by atoms with van der Waals surface area (Å²) in [4.78, 5) is 0. The highest BCUT2D eigenvalue weighted by atomic mass is 127. The molecule has 2 N–H and O–H groups in total. The predicted molar refractivity (Wildman–Crippen MR) is 72.5 cm³/mol. The van der Waals surface area contributed by atoms with Crippen LogP contribution in [0.3, 0.4) is 0 Å². The van der Waals surface area contributed by atoms with Crippen LogP contribution in [0.25, 0.3) is 10.9 Å². The molecule has 0 saturated carbocycles. The lowest BCUT2D eigenvalue weighted by atomic mass is 10.2. The van der Waals surface area contributed by atoms with E-state index in [0.717, 1.165) is 4.57 Å². The van der Waals surface area contributed by atoms with Crippen LogP contribution in [0.2, 0.25) is 0 Å². The zero-order valence-corrected chi connectivity index (χ0v) is 11.4. The number of hydrogen-bond donors (Lipinski definition) is 1. The molecule has 1 unspecified atom stereocenters. The fourth-order valence-electron chi connectivity index (χ4n) is 1.60. The topological polar surface area (TPSA) is 30.9 Å². The van der Waals surface area contributed by atoms with Crippen molar-refractivity contribution >= 4 is 51.6 Å². The molecular formula is C10H9ClF3IN2. The minimum Gasteiger partial charge on any atom is -0.398 e. The number of anilines is 1. The molecule has 0 spiro atoms. The summed E-state index contributed by atoms with van der Waals surface area (Å²) in [5.41, 5.74) is 6.53. The molecule has 0 bridgehead atoms. The number of halogens is 5. The van der Waals surface area contributed by atoms with E-state index >= 15 is 0 Å². The Morgan fingerprint density at radius 2 is 1.88 bits per heavy atom. The second-order valence-electron chi connectivity index (χ2n) is 3.32. The number of aromatic nitrogens is 1. The van der Waals surface area contributed by atoms with Gasteiger partial charge in [-0.1, -0.05) is 6.07 Å².